The molecule has 0 aliphatic rings. The zero-order valence-corrected chi connectivity index (χ0v) is 11.0. The van der Waals surface area contributed by atoms with Gasteiger partial charge in [0.05, 0.1) is 11.6 Å². The van der Waals surface area contributed by atoms with Crippen LogP contribution in [-0.2, 0) is 9.53 Å². The van der Waals surface area contributed by atoms with E-state index < -0.39 is 5.54 Å². The Morgan fingerprint density at radius 2 is 1.73 bits per heavy atom. The fraction of sp³-hybridized carbons (Fsp3) is 0.917. The molecule has 0 saturated heterocycles. The minimum atomic E-state index is -0.418. The lowest BCUT2D eigenvalue weighted by molar-refractivity contribution is -0.135. The first kappa shape index (κ1) is 14.6. The SMILES string of the molecule is CCN(CC)C(C)(C)C(=O)COC(C)C. The predicted molar refractivity (Wildman–Crippen MR) is 63.1 cm³/mol. The van der Waals surface area contributed by atoms with E-state index in [1.807, 2.05) is 27.7 Å². The summed E-state index contributed by atoms with van der Waals surface area (Å²) in [5, 5.41) is 0. The number of carbonyl (C=O) groups is 1. The number of ketones is 1. The number of Topliss-reactive ketones (excluding diaryl/α,β-unsaturated/α-hetero) is 1. The first-order chi connectivity index (χ1) is 6.86. The van der Waals surface area contributed by atoms with E-state index in [9.17, 15) is 4.79 Å². The van der Waals surface area contributed by atoms with E-state index in [0.29, 0.717) is 0 Å². The van der Waals surface area contributed by atoms with Gasteiger partial charge in [-0.3, -0.25) is 9.69 Å². The van der Waals surface area contributed by atoms with Crippen molar-refractivity contribution in [3.63, 3.8) is 0 Å². The molecule has 0 amide bonds. The summed E-state index contributed by atoms with van der Waals surface area (Å²) < 4.78 is 5.35. The maximum Gasteiger partial charge on any atom is 0.178 e. The smallest absolute Gasteiger partial charge is 0.178 e. The van der Waals surface area contributed by atoms with Crippen molar-refractivity contribution < 1.29 is 9.53 Å². The van der Waals surface area contributed by atoms with Gasteiger partial charge >= 0.3 is 0 Å². The molecule has 0 aromatic carbocycles. The lowest BCUT2D eigenvalue weighted by Gasteiger charge is -2.35. The standard InChI is InChI=1S/C12H25NO2/c1-7-13(8-2)12(5,6)11(14)9-15-10(3)4/h10H,7-9H2,1-6H3. The molecule has 0 radical (unpaired) electrons. The van der Waals surface area contributed by atoms with Crippen LogP contribution in [0.15, 0.2) is 0 Å². The number of hydrogen-bond donors (Lipinski definition) is 0. The molecule has 0 atom stereocenters. The van der Waals surface area contributed by atoms with Crippen molar-refractivity contribution in [2.24, 2.45) is 0 Å². The fourth-order valence-electron chi connectivity index (χ4n) is 1.61. The maximum atomic E-state index is 12.0. The van der Waals surface area contributed by atoms with Crippen molar-refractivity contribution in [1.29, 1.82) is 0 Å². The Bertz CT molecular complexity index is 196. The Balaban J connectivity index is 4.36. The van der Waals surface area contributed by atoms with Crippen LogP contribution < -0.4 is 0 Å². The summed E-state index contributed by atoms with van der Waals surface area (Å²) in [6.07, 6.45) is 0.112. The predicted octanol–water partition coefficient (Wildman–Crippen LogP) is 2.10. The van der Waals surface area contributed by atoms with E-state index >= 15 is 0 Å². The summed E-state index contributed by atoms with van der Waals surface area (Å²) in [4.78, 5) is 14.1. The van der Waals surface area contributed by atoms with Crippen molar-refractivity contribution in [2.75, 3.05) is 19.7 Å². The number of hydrogen-bond acceptors (Lipinski definition) is 3. The van der Waals surface area contributed by atoms with Gasteiger partial charge in [-0.25, -0.2) is 0 Å². The van der Waals surface area contributed by atoms with Crippen LogP contribution in [0.2, 0.25) is 0 Å². The van der Waals surface area contributed by atoms with E-state index in [-0.39, 0.29) is 18.5 Å². The third-order valence-electron chi connectivity index (χ3n) is 2.78. The summed E-state index contributed by atoms with van der Waals surface area (Å²) in [6.45, 7) is 13.9. The monoisotopic (exact) mass is 215 g/mol. The minimum Gasteiger partial charge on any atom is -0.371 e. The Morgan fingerprint density at radius 3 is 2.07 bits per heavy atom. The van der Waals surface area contributed by atoms with Crippen molar-refractivity contribution >= 4 is 5.78 Å². The van der Waals surface area contributed by atoms with Gasteiger partial charge in [-0.05, 0) is 40.8 Å². The van der Waals surface area contributed by atoms with Gasteiger partial charge in [-0.1, -0.05) is 13.8 Å². The largest absolute Gasteiger partial charge is 0.371 e. The van der Waals surface area contributed by atoms with Gasteiger partial charge in [0.15, 0.2) is 5.78 Å². The molecule has 3 nitrogen and oxygen atoms in total. The first-order valence-electron chi connectivity index (χ1n) is 5.76. The molecule has 0 aliphatic heterocycles. The highest BCUT2D eigenvalue weighted by Gasteiger charge is 2.32. The molecule has 0 aromatic heterocycles. The van der Waals surface area contributed by atoms with Gasteiger partial charge in [0.1, 0.15) is 6.61 Å². The summed E-state index contributed by atoms with van der Waals surface area (Å²) in [5.74, 6) is 0.153. The van der Waals surface area contributed by atoms with Crippen LogP contribution in [0, 0.1) is 0 Å². The zero-order chi connectivity index (χ0) is 12.1. The van der Waals surface area contributed by atoms with Crippen LogP contribution in [0.3, 0.4) is 0 Å². The Kier molecular flexibility index (Phi) is 6.06. The molecular weight excluding hydrogens is 190 g/mol. The molecule has 0 unspecified atom stereocenters. The second-order valence-electron chi connectivity index (χ2n) is 4.51. The van der Waals surface area contributed by atoms with Crippen molar-refractivity contribution in [3.8, 4) is 0 Å². The van der Waals surface area contributed by atoms with E-state index in [2.05, 4.69) is 18.7 Å². The molecule has 0 aromatic rings. The van der Waals surface area contributed by atoms with Gasteiger partial charge in [-0.2, -0.15) is 0 Å². The molecule has 0 saturated carbocycles. The lowest BCUT2D eigenvalue weighted by Crippen LogP contribution is -2.51. The molecule has 15 heavy (non-hydrogen) atoms. The van der Waals surface area contributed by atoms with Crippen molar-refractivity contribution in [3.05, 3.63) is 0 Å². The third-order valence-corrected chi connectivity index (χ3v) is 2.78. The number of likely N-dealkylation sites (N-methyl/N-ethyl adjacent to an activating group) is 1. The number of ether oxygens (including phenoxy) is 1. The first-order valence-corrected chi connectivity index (χ1v) is 5.76. The van der Waals surface area contributed by atoms with Crippen LogP contribution in [0.5, 0.6) is 0 Å². The number of rotatable bonds is 7. The summed E-state index contributed by atoms with van der Waals surface area (Å²) in [6, 6.07) is 0. The molecule has 0 rings (SSSR count). The van der Waals surface area contributed by atoms with Gasteiger partial charge < -0.3 is 4.74 Å². The molecule has 0 N–H and O–H groups in total. The van der Waals surface area contributed by atoms with Gasteiger partial charge in [0, 0.05) is 0 Å². The van der Waals surface area contributed by atoms with Crippen LogP contribution in [0.1, 0.15) is 41.5 Å². The summed E-state index contributed by atoms with van der Waals surface area (Å²) in [5.41, 5.74) is -0.418. The topological polar surface area (TPSA) is 29.5 Å². The number of carbonyl (C=O) groups excluding carboxylic acids is 1. The van der Waals surface area contributed by atoms with Gasteiger partial charge in [0.2, 0.25) is 0 Å². The minimum absolute atomic E-state index is 0.112. The number of nitrogens with zero attached hydrogens (tertiary/aromatic N) is 1. The van der Waals surface area contributed by atoms with Gasteiger partial charge in [-0.15, -0.1) is 0 Å². The molecule has 0 bridgehead atoms. The second kappa shape index (κ2) is 6.23. The van der Waals surface area contributed by atoms with Crippen LogP contribution in [0.4, 0.5) is 0 Å². The highest BCUT2D eigenvalue weighted by atomic mass is 16.5. The lowest BCUT2D eigenvalue weighted by atomic mass is 9.97. The second-order valence-corrected chi connectivity index (χ2v) is 4.51. The zero-order valence-electron chi connectivity index (χ0n) is 11.0. The normalized spacial score (nSPS) is 12.5. The molecule has 0 aliphatic carbocycles. The average Bonchev–Trinajstić information content (AvgIpc) is 2.15. The Morgan fingerprint density at radius 1 is 1.27 bits per heavy atom. The van der Waals surface area contributed by atoms with Crippen molar-refractivity contribution in [2.45, 2.75) is 53.2 Å². The van der Waals surface area contributed by atoms with E-state index in [0.717, 1.165) is 13.1 Å². The maximum absolute atomic E-state index is 12.0. The molecule has 90 valence electrons. The van der Waals surface area contributed by atoms with Crippen LogP contribution in [0.25, 0.3) is 0 Å². The van der Waals surface area contributed by atoms with Crippen molar-refractivity contribution in [1.82, 2.24) is 4.90 Å². The molecule has 0 spiro atoms. The van der Waals surface area contributed by atoms with Crippen LogP contribution >= 0.6 is 0 Å². The third kappa shape index (κ3) is 4.31. The van der Waals surface area contributed by atoms with Crippen LogP contribution in [-0.4, -0.2) is 42.0 Å². The quantitative estimate of drug-likeness (QED) is 0.651. The summed E-state index contributed by atoms with van der Waals surface area (Å²) >= 11 is 0. The molecule has 3 heteroatoms. The highest BCUT2D eigenvalue weighted by Crippen LogP contribution is 2.15. The molecular formula is C12H25NO2. The van der Waals surface area contributed by atoms with Gasteiger partial charge in [0.25, 0.3) is 0 Å². The Hall–Kier alpha value is -0.410. The molecule has 0 fully saturated rings. The van der Waals surface area contributed by atoms with E-state index in [4.69, 9.17) is 4.74 Å². The Labute approximate surface area is 93.8 Å². The van der Waals surface area contributed by atoms with E-state index in [1.54, 1.807) is 0 Å². The van der Waals surface area contributed by atoms with E-state index in [1.165, 1.54) is 0 Å². The molecule has 0 heterocycles. The fourth-order valence-corrected chi connectivity index (χ4v) is 1.61. The highest BCUT2D eigenvalue weighted by molar-refractivity contribution is 5.88. The average molecular weight is 215 g/mol. The summed E-state index contributed by atoms with van der Waals surface area (Å²) in [7, 11) is 0.